The molecule has 0 saturated carbocycles. The van der Waals surface area contributed by atoms with Gasteiger partial charge in [0.1, 0.15) is 0 Å². The van der Waals surface area contributed by atoms with Gasteiger partial charge >= 0.3 is 12.1 Å². The van der Waals surface area contributed by atoms with Crippen molar-refractivity contribution in [2.24, 2.45) is 0 Å². The molecule has 2 aliphatic rings. The van der Waals surface area contributed by atoms with Gasteiger partial charge in [-0.1, -0.05) is 0 Å². The lowest BCUT2D eigenvalue weighted by Gasteiger charge is -2.33. The highest BCUT2D eigenvalue weighted by molar-refractivity contribution is 5.82. The van der Waals surface area contributed by atoms with Gasteiger partial charge in [-0.3, -0.25) is 4.79 Å². The van der Waals surface area contributed by atoms with Crippen molar-refractivity contribution in [2.75, 3.05) is 52.6 Å². The Labute approximate surface area is 153 Å². The SMILES string of the molecule is CCOC(=O)N1CCN(C(=O)COC(=O)C(C)OCC2CCCO2)CC1. The highest BCUT2D eigenvalue weighted by Crippen LogP contribution is 2.13. The molecule has 2 saturated heterocycles. The summed E-state index contributed by atoms with van der Waals surface area (Å²) < 4.78 is 20.9. The second-order valence-corrected chi connectivity index (χ2v) is 6.29. The summed E-state index contributed by atoms with van der Waals surface area (Å²) in [5, 5.41) is 0. The van der Waals surface area contributed by atoms with E-state index in [-0.39, 0.29) is 24.7 Å². The standard InChI is InChI=1S/C17H28N2O7/c1-3-23-17(22)19-8-6-18(7-9-19)15(20)12-26-16(21)13(2)25-11-14-5-4-10-24-14/h13-14H,3-12H2,1-2H3. The third-order valence-corrected chi connectivity index (χ3v) is 4.38. The van der Waals surface area contributed by atoms with E-state index in [0.29, 0.717) is 39.4 Å². The van der Waals surface area contributed by atoms with Crippen LogP contribution in [0.1, 0.15) is 26.7 Å². The molecule has 26 heavy (non-hydrogen) atoms. The molecule has 2 unspecified atom stereocenters. The summed E-state index contributed by atoms with van der Waals surface area (Å²) in [6, 6.07) is 0. The van der Waals surface area contributed by atoms with Crippen molar-refractivity contribution in [1.29, 1.82) is 0 Å². The molecular weight excluding hydrogens is 344 g/mol. The molecule has 9 heteroatoms. The largest absolute Gasteiger partial charge is 0.454 e. The average Bonchev–Trinajstić information content (AvgIpc) is 3.17. The van der Waals surface area contributed by atoms with Crippen LogP contribution < -0.4 is 0 Å². The predicted molar refractivity (Wildman–Crippen MR) is 90.5 cm³/mol. The van der Waals surface area contributed by atoms with Crippen LogP contribution in [0.15, 0.2) is 0 Å². The highest BCUT2D eigenvalue weighted by atomic mass is 16.6. The van der Waals surface area contributed by atoms with Gasteiger partial charge in [-0.2, -0.15) is 0 Å². The number of rotatable bonds is 7. The molecule has 2 rings (SSSR count). The zero-order chi connectivity index (χ0) is 18.9. The Morgan fingerprint density at radius 2 is 1.81 bits per heavy atom. The molecule has 0 N–H and O–H groups in total. The van der Waals surface area contributed by atoms with Crippen molar-refractivity contribution in [3.63, 3.8) is 0 Å². The van der Waals surface area contributed by atoms with E-state index in [2.05, 4.69) is 0 Å². The molecule has 0 spiro atoms. The third kappa shape index (κ3) is 6.14. The van der Waals surface area contributed by atoms with Gasteiger partial charge in [-0.15, -0.1) is 0 Å². The van der Waals surface area contributed by atoms with Gasteiger partial charge in [-0.25, -0.2) is 9.59 Å². The molecule has 0 aromatic heterocycles. The highest BCUT2D eigenvalue weighted by Gasteiger charge is 2.26. The fourth-order valence-corrected chi connectivity index (χ4v) is 2.79. The van der Waals surface area contributed by atoms with Crippen molar-refractivity contribution in [3.8, 4) is 0 Å². The van der Waals surface area contributed by atoms with E-state index in [1.54, 1.807) is 23.6 Å². The maximum absolute atomic E-state index is 12.1. The lowest BCUT2D eigenvalue weighted by molar-refractivity contribution is -0.163. The fraction of sp³-hybridized carbons (Fsp3) is 0.824. The van der Waals surface area contributed by atoms with Crippen LogP contribution in [-0.2, 0) is 28.5 Å². The molecule has 2 amide bonds. The van der Waals surface area contributed by atoms with Crippen molar-refractivity contribution in [2.45, 2.75) is 38.9 Å². The number of hydrogen-bond acceptors (Lipinski definition) is 7. The Kier molecular flexibility index (Phi) is 8.11. The maximum atomic E-state index is 12.1. The molecule has 2 fully saturated rings. The number of ether oxygens (including phenoxy) is 4. The second kappa shape index (κ2) is 10.3. The number of carbonyl (C=O) groups is 3. The molecule has 2 aliphatic heterocycles. The van der Waals surface area contributed by atoms with Crippen molar-refractivity contribution in [3.05, 3.63) is 0 Å². The summed E-state index contributed by atoms with van der Waals surface area (Å²) in [6.07, 6.45) is 0.849. The molecule has 0 aromatic carbocycles. The zero-order valence-electron chi connectivity index (χ0n) is 15.5. The molecule has 0 aromatic rings. The first-order chi connectivity index (χ1) is 12.5. The van der Waals surface area contributed by atoms with Gasteiger partial charge in [0.15, 0.2) is 12.7 Å². The van der Waals surface area contributed by atoms with Gasteiger partial charge < -0.3 is 28.7 Å². The first-order valence-electron chi connectivity index (χ1n) is 9.10. The molecule has 0 aliphatic carbocycles. The number of hydrogen-bond donors (Lipinski definition) is 0. The van der Waals surface area contributed by atoms with E-state index < -0.39 is 12.1 Å². The summed E-state index contributed by atoms with van der Waals surface area (Å²) in [6.45, 7) is 5.99. The van der Waals surface area contributed by atoms with Crippen LogP contribution in [0.4, 0.5) is 4.79 Å². The predicted octanol–water partition coefficient (Wildman–Crippen LogP) is 0.414. The number of nitrogens with zero attached hydrogens (tertiary/aromatic N) is 2. The Bertz CT molecular complexity index is 486. The molecule has 2 heterocycles. The second-order valence-electron chi connectivity index (χ2n) is 6.29. The van der Waals surface area contributed by atoms with E-state index in [1.165, 1.54) is 0 Å². The van der Waals surface area contributed by atoms with Gasteiger partial charge in [0.05, 0.1) is 19.3 Å². The van der Waals surface area contributed by atoms with Crippen LogP contribution in [0, 0.1) is 0 Å². The first-order valence-corrected chi connectivity index (χ1v) is 9.10. The smallest absolute Gasteiger partial charge is 0.409 e. The normalized spacial score (nSPS) is 21.4. The van der Waals surface area contributed by atoms with Gasteiger partial charge in [-0.05, 0) is 26.7 Å². The number of esters is 1. The Hall–Kier alpha value is -1.87. The Morgan fingerprint density at radius 3 is 2.42 bits per heavy atom. The van der Waals surface area contributed by atoms with E-state index in [0.717, 1.165) is 19.4 Å². The minimum absolute atomic E-state index is 0.0302. The molecule has 9 nitrogen and oxygen atoms in total. The van der Waals surface area contributed by atoms with Crippen LogP contribution in [0.3, 0.4) is 0 Å². The number of carbonyl (C=O) groups excluding carboxylic acids is 3. The van der Waals surface area contributed by atoms with Crippen LogP contribution in [0.25, 0.3) is 0 Å². The number of piperazine rings is 1. The molecule has 0 bridgehead atoms. The summed E-state index contributed by atoms with van der Waals surface area (Å²) >= 11 is 0. The van der Waals surface area contributed by atoms with Crippen LogP contribution in [-0.4, -0.2) is 92.6 Å². The summed E-state index contributed by atoms with van der Waals surface area (Å²) in [5.74, 6) is -0.852. The van der Waals surface area contributed by atoms with Gasteiger partial charge in [0, 0.05) is 32.8 Å². The van der Waals surface area contributed by atoms with E-state index >= 15 is 0 Å². The van der Waals surface area contributed by atoms with Crippen LogP contribution >= 0.6 is 0 Å². The minimum Gasteiger partial charge on any atom is -0.454 e. The summed E-state index contributed by atoms with van der Waals surface area (Å²) in [7, 11) is 0. The van der Waals surface area contributed by atoms with Crippen LogP contribution in [0.5, 0.6) is 0 Å². The van der Waals surface area contributed by atoms with Crippen molar-refractivity contribution < 1.29 is 33.3 Å². The number of amides is 2. The van der Waals surface area contributed by atoms with Gasteiger partial charge in [0.2, 0.25) is 0 Å². The lowest BCUT2D eigenvalue weighted by atomic mass is 10.2. The fourth-order valence-electron chi connectivity index (χ4n) is 2.79. The molecule has 0 radical (unpaired) electrons. The zero-order valence-corrected chi connectivity index (χ0v) is 15.5. The average molecular weight is 372 g/mol. The summed E-state index contributed by atoms with van der Waals surface area (Å²) in [4.78, 5) is 38.8. The Balaban J connectivity index is 1.63. The van der Waals surface area contributed by atoms with Crippen molar-refractivity contribution >= 4 is 18.0 Å². The molecule has 148 valence electrons. The van der Waals surface area contributed by atoms with E-state index in [9.17, 15) is 14.4 Å². The molecular formula is C17H28N2O7. The van der Waals surface area contributed by atoms with E-state index in [1.807, 2.05) is 0 Å². The first kappa shape index (κ1) is 20.4. The van der Waals surface area contributed by atoms with E-state index in [4.69, 9.17) is 18.9 Å². The quantitative estimate of drug-likeness (QED) is 0.598. The monoisotopic (exact) mass is 372 g/mol. The van der Waals surface area contributed by atoms with Crippen LogP contribution in [0.2, 0.25) is 0 Å². The summed E-state index contributed by atoms with van der Waals surface area (Å²) in [5.41, 5.74) is 0. The lowest BCUT2D eigenvalue weighted by Crippen LogP contribution is -2.51. The maximum Gasteiger partial charge on any atom is 0.409 e. The Morgan fingerprint density at radius 1 is 1.12 bits per heavy atom. The van der Waals surface area contributed by atoms with Gasteiger partial charge in [0.25, 0.3) is 5.91 Å². The minimum atomic E-state index is -0.743. The molecule has 2 atom stereocenters. The van der Waals surface area contributed by atoms with Crippen molar-refractivity contribution in [1.82, 2.24) is 9.80 Å². The third-order valence-electron chi connectivity index (χ3n) is 4.38. The topological polar surface area (TPSA) is 94.6 Å².